The molecular weight excluding hydrogens is 340 g/mol. The first-order chi connectivity index (χ1) is 13.3. The monoisotopic (exact) mass is 360 g/mol. The van der Waals surface area contributed by atoms with Gasteiger partial charge >= 0.3 is 5.97 Å². The van der Waals surface area contributed by atoms with Crippen LogP contribution in [0, 0.1) is 0 Å². The molecule has 1 aliphatic rings. The number of fused-ring (bicyclic) bond motifs is 1. The van der Waals surface area contributed by atoms with Gasteiger partial charge in [0.2, 0.25) is 0 Å². The molecule has 6 heteroatoms. The van der Waals surface area contributed by atoms with E-state index in [0.29, 0.717) is 23.7 Å². The maximum atomic E-state index is 12.2. The first kappa shape index (κ1) is 17.0. The lowest BCUT2D eigenvalue weighted by Gasteiger charge is -2.19. The van der Waals surface area contributed by atoms with Crippen molar-refractivity contribution in [2.45, 2.75) is 13.3 Å². The molecule has 0 atom stereocenters. The van der Waals surface area contributed by atoms with E-state index in [9.17, 15) is 4.79 Å². The molecule has 1 N–H and O–H groups in total. The minimum atomic E-state index is -0.358. The summed E-state index contributed by atoms with van der Waals surface area (Å²) in [5.74, 6) is 1.09. The summed E-state index contributed by atoms with van der Waals surface area (Å²) in [6.07, 6.45) is 2.53. The highest BCUT2D eigenvalue weighted by atomic mass is 16.5. The lowest BCUT2D eigenvalue weighted by atomic mass is 10.2. The Morgan fingerprint density at radius 1 is 1.15 bits per heavy atom. The number of hydrogen-bond acceptors (Lipinski definition) is 6. The maximum Gasteiger partial charge on any atom is 0.340 e. The summed E-state index contributed by atoms with van der Waals surface area (Å²) >= 11 is 0. The van der Waals surface area contributed by atoms with Crippen LogP contribution in [0.1, 0.15) is 22.8 Å². The summed E-state index contributed by atoms with van der Waals surface area (Å²) in [4.78, 5) is 23.1. The van der Waals surface area contributed by atoms with Gasteiger partial charge in [-0.05, 0) is 37.1 Å². The molecule has 0 bridgehead atoms. The predicted molar refractivity (Wildman–Crippen MR) is 105 cm³/mol. The van der Waals surface area contributed by atoms with Gasteiger partial charge in [-0.2, -0.15) is 0 Å². The van der Waals surface area contributed by atoms with E-state index >= 15 is 0 Å². The Morgan fingerprint density at radius 3 is 2.85 bits per heavy atom. The third-order valence-electron chi connectivity index (χ3n) is 4.50. The van der Waals surface area contributed by atoms with Crippen LogP contribution in [0.3, 0.4) is 0 Å². The second-order valence-corrected chi connectivity index (χ2v) is 6.18. The standard InChI is InChI=1S/C21H20N4O2/c1-2-27-21(26)16-8-4-5-9-17(16)24-19-13-20(23-14-22-19)25-12-11-15-7-3-6-10-18(15)25/h3-10,13-14H,2,11-12H2,1H3,(H,22,23,24). The fraction of sp³-hybridized carbons (Fsp3) is 0.190. The fourth-order valence-corrected chi connectivity index (χ4v) is 3.26. The fourth-order valence-electron chi connectivity index (χ4n) is 3.26. The van der Waals surface area contributed by atoms with Crippen molar-refractivity contribution in [1.29, 1.82) is 0 Å². The lowest BCUT2D eigenvalue weighted by molar-refractivity contribution is 0.0527. The van der Waals surface area contributed by atoms with E-state index in [4.69, 9.17) is 4.74 Å². The van der Waals surface area contributed by atoms with Crippen molar-refractivity contribution in [2.24, 2.45) is 0 Å². The number of carbonyl (C=O) groups is 1. The Balaban J connectivity index is 1.61. The largest absolute Gasteiger partial charge is 0.462 e. The highest BCUT2D eigenvalue weighted by Gasteiger charge is 2.21. The Kier molecular flexibility index (Phi) is 4.70. The molecule has 27 heavy (non-hydrogen) atoms. The van der Waals surface area contributed by atoms with Gasteiger partial charge in [-0.1, -0.05) is 30.3 Å². The summed E-state index contributed by atoms with van der Waals surface area (Å²) in [7, 11) is 0. The van der Waals surface area contributed by atoms with Crippen LogP contribution in [0.5, 0.6) is 0 Å². The highest BCUT2D eigenvalue weighted by molar-refractivity contribution is 5.96. The summed E-state index contributed by atoms with van der Waals surface area (Å²) in [5.41, 5.74) is 3.63. The van der Waals surface area contributed by atoms with Gasteiger partial charge in [-0.15, -0.1) is 0 Å². The number of benzene rings is 2. The second kappa shape index (κ2) is 7.45. The van der Waals surface area contributed by atoms with Gasteiger partial charge in [-0.3, -0.25) is 0 Å². The average molecular weight is 360 g/mol. The van der Waals surface area contributed by atoms with Crippen LogP contribution >= 0.6 is 0 Å². The van der Waals surface area contributed by atoms with Crippen molar-refractivity contribution >= 4 is 29.0 Å². The molecule has 0 amide bonds. The molecule has 3 aromatic rings. The van der Waals surface area contributed by atoms with Crippen LogP contribution in [0.25, 0.3) is 0 Å². The Labute approximate surface area is 157 Å². The molecule has 0 radical (unpaired) electrons. The number of ether oxygens (including phenoxy) is 1. The molecule has 4 rings (SSSR count). The normalized spacial score (nSPS) is 12.6. The van der Waals surface area contributed by atoms with E-state index in [0.717, 1.165) is 18.8 Å². The molecule has 0 saturated carbocycles. The van der Waals surface area contributed by atoms with Crippen LogP contribution in [-0.4, -0.2) is 29.1 Å². The summed E-state index contributed by atoms with van der Waals surface area (Å²) in [5, 5.41) is 3.22. The summed E-state index contributed by atoms with van der Waals surface area (Å²) in [6, 6.07) is 17.5. The van der Waals surface area contributed by atoms with Crippen LogP contribution in [0.2, 0.25) is 0 Å². The first-order valence-electron chi connectivity index (χ1n) is 8.97. The molecular formula is C21H20N4O2. The minimum absolute atomic E-state index is 0.333. The molecule has 0 saturated heterocycles. The van der Waals surface area contributed by atoms with E-state index in [1.165, 1.54) is 17.6 Å². The van der Waals surface area contributed by atoms with Crippen molar-refractivity contribution in [3.05, 3.63) is 72.1 Å². The van der Waals surface area contributed by atoms with Crippen LogP contribution in [0.15, 0.2) is 60.9 Å². The van der Waals surface area contributed by atoms with Crippen LogP contribution in [0.4, 0.5) is 23.0 Å². The molecule has 6 nitrogen and oxygen atoms in total. The van der Waals surface area contributed by atoms with E-state index in [-0.39, 0.29) is 5.97 Å². The SMILES string of the molecule is CCOC(=O)c1ccccc1Nc1cc(N2CCc3ccccc32)ncn1. The number of para-hydroxylation sites is 2. The number of aromatic nitrogens is 2. The van der Waals surface area contributed by atoms with Gasteiger partial charge in [0.15, 0.2) is 0 Å². The predicted octanol–water partition coefficient (Wildman–Crippen LogP) is 4.09. The van der Waals surface area contributed by atoms with Gasteiger partial charge in [0.1, 0.15) is 18.0 Å². The number of hydrogen-bond donors (Lipinski definition) is 1. The maximum absolute atomic E-state index is 12.2. The number of nitrogens with one attached hydrogen (secondary N) is 1. The topological polar surface area (TPSA) is 67.3 Å². The second-order valence-electron chi connectivity index (χ2n) is 6.18. The number of carbonyl (C=O) groups excluding carboxylic acids is 1. The van der Waals surface area contributed by atoms with Gasteiger partial charge in [0.05, 0.1) is 17.9 Å². The zero-order chi connectivity index (χ0) is 18.6. The molecule has 0 unspecified atom stereocenters. The molecule has 1 aliphatic heterocycles. The average Bonchev–Trinajstić information content (AvgIpc) is 3.13. The highest BCUT2D eigenvalue weighted by Crippen LogP contribution is 2.34. The smallest absolute Gasteiger partial charge is 0.340 e. The third-order valence-corrected chi connectivity index (χ3v) is 4.50. The molecule has 2 heterocycles. The Morgan fingerprint density at radius 2 is 1.96 bits per heavy atom. The molecule has 2 aromatic carbocycles. The number of nitrogens with zero attached hydrogens (tertiary/aromatic N) is 3. The van der Waals surface area contributed by atoms with Gasteiger partial charge in [0.25, 0.3) is 0 Å². The lowest BCUT2D eigenvalue weighted by Crippen LogP contribution is -2.15. The Hall–Kier alpha value is -3.41. The van der Waals surface area contributed by atoms with Crippen molar-refractivity contribution in [1.82, 2.24) is 9.97 Å². The molecule has 0 aliphatic carbocycles. The zero-order valence-corrected chi connectivity index (χ0v) is 15.1. The molecule has 1 aromatic heterocycles. The van der Waals surface area contributed by atoms with Gasteiger partial charge in [0, 0.05) is 18.3 Å². The molecule has 0 spiro atoms. The zero-order valence-electron chi connectivity index (χ0n) is 15.1. The minimum Gasteiger partial charge on any atom is -0.462 e. The first-order valence-corrected chi connectivity index (χ1v) is 8.97. The van der Waals surface area contributed by atoms with Crippen molar-refractivity contribution in [2.75, 3.05) is 23.4 Å². The van der Waals surface area contributed by atoms with E-state index in [2.05, 4.69) is 38.4 Å². The van der Waals surface area contributed by atoms with Gasteiger partial charge in [-0.25, -0.2) is 14.8 Å². The third kappa shape index (κ3) is 3.46. The quantitative estimate of drug-likeness (QED) is 0.691. The van der Waals surface area contributed by atoms with E-state index < -0.39 is 0 Å². The summed E-state index contributed by atoms with van der Waals surface area (Å²) < 4.78 is 5.13. The van der Waals surface area contributed by atoms with Gasteiger partial charge < -0.3 is 15.0 Å². The summed E-state index contributed by atoms with van der Waals surface area (Å²) in [6.45, 7) is 3.01. The van der Waals surface area contributed by atoms with Crippen molar-refractivity contribution in [3.63, 3.8) is 0 Å². The number of anilines is 4. The molecule has 0 fully saturated rings. The number of rotatable bonds is 5. The van der Waals surface area contributed by atoms with Crippen LogP contribution < -0.4 is 10.2 Å². The van der Waals surface area contributed by atoms with E-state index in [1.807, 2.05) is 30.3 Å². The Bertz CT molecular complexity index is 974. The van der Waals surface area contributed by atoms with E-state index in [1.54, 1.807) is 13.0 Å². The van der Waals surface area contributed by atoms with Crippen molar-refractivity contribution < 1.29 is 9.53 Å². The van der Waals surface area contributed by atoms with Crippen molar-refractivity contribution in [3.8, 4) is 0 Å². The van der Waals surface area contributed by atoms with Crippen LogP contribution in [-0.2, 0) is 11.2 Å². The molecule has 136 valence electrons. The number of esters is 1.